The number of nitrogens with one attached hydrogen (secondary N) is 1. The number of benzene rings is 1. The molecule has 0 aliphatic carbocycles. The highest BCUT2D eigenvalue weighted by molar-refractivity contribution is 5.99. The summed E-state index contributed by atoms with van der Waals surface area (Å²) in [5.41, 5.74) is 0.209. The van der Waals surface area contributed by atoms with Gasteiger partial charge in [0.1, 0.15) is 11.4 Å². The molecular formula is C22H26FN3O4. The van der Waals surface area contributed by atoms with E-state index in [1.165, 1.54) is 6.07 Å². The summed E-state index contributed by atoms with van der Waals surface area (Å²) < 4.78 is 25.8. The molecule has 0 radical (unpaired) electrons. The van der Waals surface area contributed by atoms with Crippen LogP contribution in [0.25, 0.3) is 0 Å². The average Bonchev–Trinajstić information content (AvgIpc) is 3.49. The highest BCUT2D eigenvalue weighted by atomic mass is 19.1. The third-order valence-electron chi connectivity index (χ3n) is 6.71. The van der Waals surface area contributed by atoms with Crippen LogP contribution in [0, 0.1) is 17.7 Å². The standard InChI is InChI=1S/C22H26FN3O4/c1-29-11-10-26-13-22-7-6-17(30-22)18(19(22)21(26)28)20(27)24-14-4-5-16(15(23)12-14)25-8-2-3-9-25/h4-7,12,17-19H,2-3,8-11,13H2,1H3,(H,24,27). The van der Waals surface area contributed by atoms with Gasteiger partial charge in [-0.1, -0.05) is 12.2 Å². The molecule has 3 fully saturated rings. The van der Waals surface area contributed by atoms with Gasteiger partial charge in [-0.05, 0) is 31.0 Å². The molecule has 2 amide bonds. The van der Waals surface area contributed by atoms with E-state index in [4.69, 9.17) is 9.47 Å². The van der Waals surface area contributed by atoms with Crippen LogP contribution in [0.3, 0.4) is 0 Å². The zero-order valence-corrected chi connectivity index (χ0v) is 17.0. The van der Waals surface area contributed by atoms with Gasteiger partial charge in [-0.15, -0.1) is 0 Å². The van der Waals surface area contributed by atoms with E-state index in [0.29, 0.717) is 31.1 Å². The van der Waals surface area contributed by atoms with Crippen molar-refractivity contribution in [1.29, 1.82) is 0 Å². The molecule has 4 aliphatic rings. The predicted molar refractivity (Wildman–Crippen MR) is 109 cm³/mol. The molecular weight excluding hydrogens is 389 g/mol. The maximum Gasteiger partial charge on any atom is 0.231 e. The van der Waals surface area contributed by atoms with Gasteiger partial charge in [-0.25, -0.2) is 4.39 Å². The van der Waals surface area contributed by atoms with Gasteiger partial charge in [0.25, 0.3) is 0 Å². The molecule has 0 saturated carbocycles. The van der Waals surface area contributed by atoms with Gasteiger partial charge >= 0.3 is 0 Å². The van der Waals surface area contributed by atoms with Crippen molar-refractivity contribution in [3.05, 3.63) is 36.2 Å². The number of hydrogen-bond acceptors (Lipinski definition) is 5. The number of likely N-dealkylation sites (tertiary alicyclic amines) is 1. The van der Waals surface area contributed by atoms with Gasteiger partial charge in [0, 0.05) is 32.4 Å². The Balaban J connectivity index is 1.32. The minimum atomic E-state index is -0.748. The molecule has 30 heavy (non-hydrogen) atoms. The van der Waals surface area contributed by atoms with Crippen LogP contribution in [0.2, 0.25) is 0 Å². The van der Waals surface area contributed by atoms with Crippen molar-refractivity contribution >= 4 is 23.2 Å². The lowest BCUT2D eigenvalue weighted by Crippen LogP contribution is -2.41. The number of nitrogens with zero attached hydrogens (tertiary/aromatic N) is 2. The van der Waals surface area contributed by atoms with Gasteiger partial charge in [0.2, 0.25) is 11.8 Å². The summed E-state index contributed by atoms with van der Waals surface area (Å²) in [7, 11) is 1.59. The smallest absolute Gasteiger partial charge is 0.231 e. The summed E-state index contributed by atoms with van der Waals surface area (Å²) in [5, 5.41) is 2.81. The maximum absolute atomic E-state index is 14.6. The van der Waals surface area contributed by atoms with E-state index in [0.717, 1.165) is 25.9 Å². The van der Waals surface area contributed by atoms with Crippen molar-refractivity contribution in [2.75, 3.05) is 50.1 Å². The van der Waals surface area contributed by atoms with E-state index in [-0.39, 0.29) is 17.6 Å². The Morgan fingerprint density at radius 2 is 2.17 bits per heavy atom. The Hall–Kier alpha value is -2.45. The molecule has 3 saturated heterocycles. The van der Waals surface area contributed by atoms with E-state index >= 15 is 0 Å². The second-order valence-corrected chi connectivity index (χ2v) is 8.50. The van der Waals surface area contributed by atoms with E-state index < -0.39 is 23.5 Å². The van der Waals surface area contributed by atoms with Crippen molar-refractivity contribution in [1.82, 2.24) is 4.90 Å². The van der Waals surface area contributed by atoms with Crippen molar-refractivity contribution in [3.63, 3.8) is 0 Å². The molecule has 4 heterocycles. The highest BCUT2D eigenvalue weighted by Gasteiger charge is 2.66. The Kier molecular flexibility index (Phi) is 4.78. The Morgan fingerprint density at radius 1 is 1.37 bits per heavy atom. The Bertz CT molecular complexity index is 900. The number of halogens is 1. The van der Waals surface area contributed by atoms with Crippen LogP contribution in [-0.2, 0) is 19.1 Å². The van der Waals surface area contributed by atoms with Crippen LogP contribution >= 0.6 is 0 Å². The third kappa shape index (κ3) is 3.01. The normalized spacial score (nSPS) is 31.7. The van der Waals surface area contributed by atoms with Gasteiger partial charge in [-0.3, -0.25) is 9.59 Å². The largest absolute Gasteiger partial charge is 0.383 e. The molecule has 7 nitrogen and oxygen atoms in total. The molecule has 1 aromatic rings. The third-order valence-corrected chi connectivity index (χ3v) is 6.71. The second-order valence-electron chi connectivity index (χ2n) is 8.50. The van der Waals surface area contributed by atoms with E-state index in [2.05, 4.69) is 5.32 Å². The molecule has 4 aliphatic heterocycles. The number of carbonyl (C=O) groups excluding carboxylic acids is 2. The number of ether oxygens (including phenoxy) is 2. The Morgan fingerprint density at radius 3 is 2.90 bits per heavy atom. The number of amides is 2. The molecule has 4 unspecified atom stereocenters. The SMILES string of the molecule is COCCN1CC23C=CC(O2)C(C(=O)Nc2ccc(N4CCCC4)c(F)c2)C3C1=O. The quantitative estimate of drug-likeness (QED) is 0.718. The molecule has 1 spiro atoms. The number of rotatable bonds is 6. The summed E-state index contributed by atoms with van der Waals surface area (Å²) in [5.74, 6) is -1.94. The fraction of sp³-hybridized carbons (Fsp3) is 0.545. The van der Waals surface area contributed by atoms with Crippen LogP contribution in [0.1, 0.15) is 12.8 Å². The van der Waals surface area contributed by atoms with Crippen molar-refractivity contribution in [2.24, 2.45) is 11.8 Å². The van der Waals surface area contributed by atoms with Crippen molar-refractivity contribution < 1.29 is 23.5 Å². The number of methoxy groups -OCH3 is 1. The minimum absolute atomic E-state index is 0.0883. The molecule has 8 heteroatoms. The average molecular weight is 415 g/mol. The monoisotopic (exact) mass is 415 g/mol. The number of hydrogen-bond donors (Lipinski definition) is 1. The fourth-order valence-electron chi connectivity index (χ4n) is 5.29. The summed E-state index contributed by atoms with van der Waals surface area (Å²) in [6, 6.07) is 4.78. The molecule has 1 aromatic carbocycles. The molecule has 1 N–H and O–H groups in total. The lowest BCUT2D eigenvalue weighted by molar-refractivity contribution is -0.136. The van der Waals surface area contributed by atoms with Crippen LogP contribution in [0.5, 0.6) is 0 Å². The molecule has 160 valence electrons. The van der Waals surface area contributed by atoms with E-state index in [1.807, 2.05) is 17.1 Å². The van der Waals surface area contributed by atoms with Gasteiger partial charge in [0.05, 0.1) is 36.8 Å². The maximum atomic E-state index is 14.6. The van der Waals surface area contributed by atoms with Crippen molar-refractivity contribution in [2.45, 2.75) is 24.5 Å². The fourth-order valence-corrected chi connectivity index (χ4v) is 5.29. The summed E-state index contributed by atoms with van der Waals surface area (Å²) in [4.78, 5) is 29.8. The molecule has 4 atom stereocenters. The topological polar surface area (TPSA) is 71.1 Å². The van der Waals surface area contributed by atoms with E-state index in [1.54, 1.807) is 24.1 Å². The first-order valence-electron chi connectivity index (χ1n) is 10.5. The van der Waals surface area contributed by atoms with Crippen LogP contribution < -0.4 is 10.2 Å². The minimum Gasteiger partial charge on any atom is -0.383 e. The number of anilines is 2. The summed E-state index contributed by atoms with van der Waals surface area (Å²) in [6.07, 6.45) is 5.48. The van der Waals surface area contributed by atoms with Gasteiger partial charge in [-0.2, -0.15) is 0 Å². The van der Waals surface area contributed by atoms with Gasteiger partial charge in [0.15, 0.2) is 0 Å². The number of fused-ring (bicyclic) bond motifs is 1. The second kappa shape index (κ2) is 7.35. The first-order valence-corrected chi connectivity index (χ1v) is 10.5. The van der Waals surface area contributed by atoms with E-state index in [9.17, 15) is 14.0 Å². The molecule has 2 bridgehead atoms. The molecule has 0 aromatic heterocycles. The van der Waals surface area contributed by atoms with Crippen molar-refractivity contribution in [3.8, 4) is 0 Å². The first-order chi connectivity index (χ1) is 14.5. The molecule has 5 rings (SSSR count). The number of carbonyl (C=O) groups is 2. The lowest BCUT2D eigenvalue weighted by Gasteiger charge is -2.24. The zero-order chi connectivity index (χ0) is 20.9. The highest BCUT2D eigenvalue weighted by Crippen LogP contribution is 2.52. The summed E-state index contributed by atoms with van der Waals surface area (Å²) >= 11 is 0. The van der Waals surface area contributed by atoms with Crippen LogP contribution in [-0.4, -0.2) is 68.3 Å². The Labute approximate surface area is 174 Å². The zero-order valence-electron chi connectivity index (χ0n) is 17.0. The first kappa shape index (κ1) is 19.5. The lowest BCUT2D eigenvalue weighted by atomic mass is 9.77. The van der Waals surface area contributed by atoms with Crippen LogP contribution in [0.15, 0.2) is 30.4 Å². The van der Waals surface area contributed by atoms with Gasteiger partial charge < -0.3 is 24.6 Å². The predicted octanol–water partition coefficient (Wildman–Crippen LogP) is 1.79. The van der Waals surface area contributed by atoms with Crippen LogP contribution in [0.4, 0.5) is 15.8 Å². The summed E-state index contributed by atoms with van der Waals surface area (Å²) in [6.45, 7) is 3.02.